The van der Waals surface area contributed by atoms with E-state index in [9.17, 15) is 24.0 Å². The predicted molar refractivity (Wildman–Crippen MR) is 106 cm³/mol. The zero-order valence-corrected chi connectivity index (χ0v) is 21.1. The minimum atomic E-state index is -0.745. The molecule has 158 valence electrons. The summed E-state index contributed by atoms with van der Waals surface area (Å²) in [6.45, 7) is 8.00. The van der Waals surface area contributed by atoms with Crippen LogP contribution in [0.2, 0.25) is 0 Å². The van der Waals surface area contributed by atoms with E-state index in [0.29, 0.717) is 0 Å². The topological polar surface area (TPSA) is 186 Å². The van der Waals surface area contributed by atoms with Crippen molar-refractivity contribution in [3.05, 3.63) is 0 Å². The summed E-state index contributed by atoms with van der Waals surface area (Å²) in [4.78, 5) is 46.8. The van der Waals surface area contributed by atoms with Gasteiger partial charge in [-0.2, -0.15) is 0 Å². The van der Waals surface area contributed by atoms with Gasteiger partial charge in [-0.15, -0.1) is 0 Å². The minimum Gasteiger partial charge on any atom is -1.00 e. The Hall–Kier alpha value is -0.131. The zero-order chi connectivity index (χ0) is 21.4. The molecule has 10 nitrogen and oxygen atoms in total. The van der Waals surface area contributed by atoms with E-state index in [1.807, 2.05) is 0 Å². The van der Waals surface area contributed by atoms with Crippen LogP contribution < -0.4 is 0 Å². The van der Waals surface area contributed by atoms with Gasteiger partial charge in [0.2, 0.25) is 0 Å². The van der Waals surface area contributed by atoms with Crippen LogP contribution in [0.5, 0.6) is 0 Å². The Balaban J connectivity index is -0.0000000171. The molecule has 0 heterocycles. The Morgan fingerprint density at radius 2 is 0.481 bits per heavy atom. The van der Waals surface area contributed by atoms with E-state index in [0.717, 1.165) is 0 Å². The van der Waals surface area contributed by atoms with Gasteiger partial charge in [0.1, 0.15) is 0 Å². The smallest absolute Gasteiger partial charge is 1.00 e. The third-order valence-electron chi connectivity index (χ3n) is 1.51. The van der Waals surface area contributed by atoms with Crippen molar-refractivity contribution in [3.8, 4) is 0 Å². The van der Waals surface area contributed by atoms with Crippen LogP contribution in [-0.2, 0) is 24.0 Å². The summed E-state index contributed by atoms with van der Waals surface area (Å²) in [5.74, 6) is -3.73. The van der Waals surface area contributed by atoms with E-state index in [2.05, 4.69) is 0 Å². The van der Waals surface area contributed by atoms with Crippen LogP contribution in [0, 0.1) is 0 Å². The number of hydrogen-bond acceptors (Lipinski definition) is 5. The summed E-state index contributed by atoms with van der Waals surface area (Å²) in [6.07, 6.45) is 1.11. The molecule has 0 unspecified atom stereocenters. The van der Waals surface area contributed by atoms with Crippen molar-refractivity contribution in [2.45, 2.75) is 66.7 Å². The maximum atomic E-state index is 9.37. The van der Waals surface area contributed by atoms with Crippen LogP contribution in [0.3, 0.4) is 0 Å². The first-order chi connectivity index (χ1) is 11.4. The van der Waals surface area contributed by atoms with Crippen LogP contribution in [0.25, 0.3) is 0 Å². The molecule has 0 fully saturated rings. The molecule has 0 amide bonds. The average Bonchev–Trinajstić information content (AvgIpc) is 2.56. The van der Waals surface area contributed by atoms with E-state index in [-0.39, 0.29) is 113 Å². The SMILES string of the molecule is CCC(=O)O.CCC(=O)O.CCC(=O)O.CCC(=O)O.CCC(=O)O.[Ca+2].[Ca+2].[H-].[H-].[H-].[H-]. The van der Waals surface area contributed by atoms with E-state index < -0.39 is 29.8 Å². The summed E-state index contributed by atoms with van der Waals surface area (Å²) >= 11 is 0. The van der Waals surface area contributed by atoms with Gasteiger partial charge in [-0.25, -0.2) is 0 Å². The Kier molecular flexibility index (Phi) is 68.4. The number of hydrogen-bond donors (Lipinski definition) is 5. The molecule has 0 radical (unpaired) electrons. The van der Waals surface area contributed by atoms with Gasteiger partial charge in [0.15, 0.2) is 0 Å². The molecule has 0 aromatic carbocycles. The zero-order valence-electron chi connectivity index (χ0n) is 20.7. The molecule has 0 aromatic heterocycles. The van der Waals surface area contributed by atoms with Crippen molar-refractivity contribution in [2.24, 2.45) is 0 Å². The molecule has 0 saturated carbocycles. The fraction of sp³-hybridized carbons (Fsp3) is 0.667. The standard InChI is InChI=1S/5C3H6O2.2Ca.4H/c5*1-2-3(4)5;;;;;;/h5*2H2,1H3,(H,4,5);;;;;;/q;;;;;2*+2;4*-1. The maximum absolute atomic E-state index is 9.37. The molecule has 0 atom stereocenters. The van der Waals surface area contributed by atoms with Gasteiger partial charge >= 0.3 is 105 Å². The van der Waals surface area contributed by atoms with Crippen molar-refractivity contribution < 1.29 is 55.2 Å². The normalized spacial score (nSPS) is 6.85. The monoisotopic (exact) mass is 454 g/mol. The molecule has 27 heavy (non-hydrogen) atoms. The van der Waals surface area contributed by atoms with E-state index in [1.165, 1.54) is 0 Å². The van der Waals surface area contributed by atoms with Gasteiger partial charge in [-0.3, -0.25) is 24.0 Å². The van der Waals surface area contributed by atoms with Crippen LogP contribution in [0.4, 0.5) is 0 Å². The fourth-order valence-corrected chi connectivity index (χ4v) is 0. The average molecular weight is 455 g/mol. The Labute approximate surface area is 225 Å². The first kappa shape index (κ1) is 45.5. The molecule has 5 N–H and O–H groups in total. The number of carbonyl (C=O) groups is 5. The first-order valence-electron chi connectivity index (χ1n) is 7.44. The molecular weight excluding hydrogens is 420 g/mol. The molecule has 0 saturated heterocycles. The van der Waals surface area contributed by atoms with E-state index in [4.69, 9.17) is 25.5 Å². The molecule has 0 aliphatic heterocycles. The predicted octanol–water partition coefficient (Wildman–Crippen LogP) is 2.09. The van der Waals surface area contributed by atoms with Crippen LogP contribution in [-0.4, -0.2) is 131 Å². The largest absolute Gasteiger partial charge is 2.00 e. The summed E-state index contributed by atoms with van der Waals surface area (Å²) in [7, 11) is 0. The Bertz CT molecular complexity index is 310. The van der Waals surface area contributed by atoms with E-state index >= 15 is 0 Å². The third-order valence-corrected chi connectivity index (χ3v) is 1.51. The first-order valence-corrected chi connectivity index (χ1v) is 7.44. The second-order valence-electron chi connectivity index (χ2n) is 3.74. The minimum absolute atomic E-state index is 0. The van der Waals surface area contributed by atoms with Crippen molar-refractivity contribution in [3.63, 3.8) is 0 Å². The molecule has 0 rings (SSSR count). The molecule has 0 spiro atoms. The molecule has 12 heteroatoms. The van der Waals surface area contributed by atoms with Gasteiger partial charge in [0.25, 0.3) is 0 Å². The Morgan fingerprint density at radius 1 is 0.444 bits per heavy atom. The van der Waals surface area contributed by atoms with Crippen molar-refractivity contribution in [1.29, 1.82) is 0 Å². The summed E-state index contributed by atoms with van der Waals surface area (Å²) < 4.78 is 0. The quantitative estimate of drug-likeness (QED) is 0.385. The maximum Gasteiger partial charge on any atom is 2.00 e. The second-order valence-corrected chi connectivity index (χ2v) is 3.74. The number of aliphatic carboxylic acids is 5. The third kappa shape index (κ3) is 151. The second kappa shape index (κ2) is 40.5. The van der Waals surface area contributed by atoms with Gasteiger partial charge in [0.05, 0.1) is 0 Å². The van der Waals surface area contributed by atoms with Gasteiger partial charge in [-0.1, -0.05) is 34.6 Å². The molecule has 0 aliphatic rings. The van der Waals surface area contributed by atoms with E-state index in [1.54, 1.807) is 34.6 Å². The van der Waals surface area contributed by atoms with Crippen molar-refractivity contribution >= 4 is 105 Å². The molecule has 0 aromatic rings. The summed E-state index contributed by atoms with van der Waals surface area (Å²) in [5, 5.41) is 38.6. The summed E-state index contributed by atoms with van der Waals surface area (Å²) in [5.41, 5.74) is 0. The number of carboxylic acid groups (broad SMARTS) is 5. The van der Waals surface area contributed by atoms with Gasteiger partial charge < -0.3 is 31.2 Å². The molecule has 0 bridgehead atoms. The van der Waals surface area contributed by atoms with Crippen molar-refractivity contribution in [1.82, 2.24) is 0 Å². The van der Waals surface area contributed by atoms with Crippen LogP contribution in [0.15, 0.2) is 0 Å². The molecular formula is C15H34Ca2O10. The van der Waals surface area contributed by atoms with Crippen molar-refractivity contribution in [2.75, 3.05) is 0 Å². The fourth-order valence-electron chi connectivity index (χ4n) is 0. The molecule has 0 aliphatic carbocycles. The number of carboxylic acids is 5. The van der Waals surface area contributed by atoms with Gasteiger partial charge in [0, 0.05) is 32.1 Å². The number of rotatable bonds is 5. The van der Waals surface area contributed by atoms with Gasteiger partial charge in [-0.05, 0) is 0 Å². The van der Waals surface area contributed by atoms with Crippen LogP contribution in [0.1, 0.15) is 72.4 Å². The Morgan fingerprint density at radius 3 is 0.481 bits per heavy atom. The van der Waals surface area contributed by atoms with Crippen LogP contribution >= 0.6 is 0 Å². The summed E-state index contributed by atoms with van der Waals surface area (Å²) in [6, 6.07) is 0.